The smallest absolute Gasteiger partial charge is 0.244 e. The van der Waals surface area contributed by atoms with E-state index >= 15 is 0 Å². The molecule has 2 aromatic rings. The third-order valence-corrected chi connectivity index (χ3v) is 8.05. The van der Waals surface area contributed by atoms with E-state index in [0.29, 0.717) is 26.3 Å². The number of sulfonamides is 1. The number of ether oxygens (including phenoxy) is 1. The number of hydrogen-bond donors (Lipinski definition) is 0. The van der Waals surface area contributed by atoms with Gasteiger partial charge in [-0.05, 0) is 29.8 Å². The lowest BCUT2D eigenvalue weighted by Gasteiger charge is -2.35. The Morgan fingerprint density at radius 3 is 2.40 bits per heavy atom. The molecule has 0 spiro atoms. The van der Waals surface area contributed by atoms with Crippen LogP contribution in [0.3, 0.4) is 0 Å². The molecule has 1 aromatic carbocycles. The predicted octanol–water partition coefficient (Wildman–Crippen LogP) is 2.33. The molecule has 2 aliphatic heterocycles. The van der Waals surface area contributed by atoms with Crippen molar-refractivity contribution >= 4 is 31.8 Å². The number of halogens is 2. The highest BCUT2D eigenvalue weighted by Crippen LogP contribution is 2.23. The molecule has 30 heavy (non-hydrogen) atoms. The third kappa shape index (κ3) is 4.83. The minimum Gasteiger partial charge on any atom is -0.379 e. The lowest BCUT2D eigenvalue weighted by atomic mass is 10.2. The van der Waals surface area contributed by atoms with Gasteiger partial charge in [0.1, 0.15) is 16.5 Å². The van der Waals surface area contributed by atoms with Gasteiger partial charge in [-0.3, -0.25) is 4.90 Å². The summed E-state index contributed by atoms with van der Waals surface area (Å²) in [5.41, 5.74) is 1.06. The fraction of sp³-hybridized carbons (Fsp3) is 0.450. The van der Waals surface area contributed by atoms with E-state index in [2.05, 4.69) is 30.7 Å². The number of benzene rings is 1. The van der Waals surface area contributed by atoms with Crippen LogP contribution in [-0.2, 0) is 21.3 Å². The highest BCUT2D eigenvalue weighted by molar-refractivity contribution is 9.10. The quantitative estimate of drug-likeness (QED) is 0.630. The molecule has 2 aliphatic rings. The number of pyridine rings is 1. The first-order chi connectivity index (χ1) is 14.4. The summed E-state index contributed by atoms with van der Waals surface area (Å²) < 4.78 is 46.2. The summed E-state index contributed by atoms with van der Waals surface area (Å²) in [7, 11) is -3.53. The maximum Gasteiger partial charge on any atom is 0.244 e. The highest BCUT2D eigenvalue weighted by atomic mass is 79.9. The zero-order valence-corrected chi connectivity index (χ0v) is 18.9. The molecule has 0 saturated carbocycles. The number of morpholine rings is 1. The molecule has 4 rings (SSSR count). The Kier molecular flexibility index (Phi) is 6.69. The summed E-state index contributed by atoms with van der Waals surface area (Å²) in [6.45, 7) is 5.61. The second-order valence-electron chi connectivity index (χ2n) is 7.37. The molecule has 0 atom stereocenters. The van der Waals surface area contributed by atoms with Crippen molar-refractivity contribution in [3.63, 3.8) is 0 Å². The van der Waals surface area contributed by atoms with Gasteiger partial charge in [0.2, 0.25) is 10.0 Å². The van der Waals surface area contributed by atoms with Crippen LogP contribution in [0, 0.1) is 5.82 Å². The molecule has 7 nitrogen and oxygen atoms in total. The van der Waals surface area contributed by atoms with Crippen molar-refractivity contribution in [2.75, 3.05) is 57.4 Å². The van der Waals surface area contributed by atoms with Crippen molar-refractivity contribution in [2.24, 2.45) is 0 Å². The monoisotopic (exact) mass is 498 g/mol. The first-order valence-electron chi connectivity index (χ1n) is 9.89. The number of hydrogen-bond acceptors (Lipinski definition) is 6. The molecule has 2 saturated heterocycles. The first-order valence-corrected chi connectivity index (χ1v) is 12.1. The van der Waals surface area contributed by atoms with Gasteiger partial charge in [-0.2, -0.15) is 4.31 Å². The van der Waals surface area contributed by atoms with E-state index in [0.717, 1.165) is 48.6 Å². The Morgan fingerprint density at radius 1 is 1.03 bits per heavy atom. The zero-order chi connectivity index (χ0) is 21.1. The van der Waals surface area contributed by atoms with E-state index in [1.54, 1.807) is 18.2 Å². The van der Waals surface area contributed by atoms with Gasteiger partial charge in [-0.25, -0.2) is 17.8 Å². The fourth-order valence-electron chi connectivity index (χ4n) is 3.67. The topological polar surface area (TPSA) is 66.0 Å². The second kappa shape index (κ2) is 9.27. The van der Waals surface area contributed by atoms with E-state index < -0.39 is 10.0 Å². The molecule has 0 N–H and O–H groups in total. The van der Waals surface area contributed by atoms with Gasteiger partial charge in [0.05, 0.1) is 13.2 Å². The second-order valence-corrected chi connectivity index (χ2v) is 10.2. The van der Waals surface area contributed by atoms with Crippen LogP contribution in [0.2, 0.25) is 0 Å². The van der Waals surface area contributed by atoms with Crippen molar-refractivity contribution in [2.45, 2.75) is 11.4 Å². The summed E-state index contributed by atoms with van der Waals surface area (Å²) in [4.78, 5) is 9.10. The van der Waals surface area contributed by atoms with Crippen molar-refractivity contribution < 1.29 is 17.5 Å². The van der Waals surface area contributed by atoms with E-state index in [9.17, 15) is 12.8 Å². The largest absolute Gasteiger partial charge is 0.379 e. The van der Waals surface area contributed by atoms with E-state index in [-0.39, 0.29) is 10.7 Å². The summed E-state index contributed by atoms with van der Waals surface area (Å²) in [5.74, 6) is 0.527. The van der Waals surface area contributed by atoms with Crippen LogP contribution in [0.15, 0.2) is 45.9 Å². The molecule has 2 fully saturated rings. The summed E-state index contributed by atoms with van der Waals surface area (Å²) in [5, 5.41) is 0. The van der Waals surface area contributed by atoms with Gasteiger partial charge >= 0.3 is 0 Å². The molecule has 162 valence electrons. The van der Waals surface area contributed by atoms with Crippen LogP contribution in [0.5, 0.6) is 0 Å². The molecular weight excluding hydrogens is 475 g/mol. The Labute approximate surface area is 184 Å². The van der Waals surface area contributed by atoms with Gasteiger partial charge in [0.25, 0.3) is 0 Å². The maximum absolute atomic E-state index is 13.3. The normalized spacial score (nSPS) is 19.2. The SMILES string of the molecule is O=S(=O)(c1ccc(N2CCN(Cc3ccc(F)cc3Br)CC2)nc1)N1CCOCC1. The van der Waals surface area contributed by atoms with Crippen molar-refractivity contribution in [3.8, 4) is 0 Å². The lowest BCUT2D eigenvalue weighted by molar-refractivity contribution is 0.0730. The minimum atomic E-state index is -3.53. The third-order valence-electron chi connectivity index (χ3n) is 5.43. The number of anilines is 1. The minimum absolute atomic E-state index is 0.216. The van der Waals surface area contributed by atoms with Crippen molar-refractivity contribution in [1.82, 2.24) is 14.2 Å². The molecule has 0 unspecified atom stereocenters. The fourth-order valence-corrected chi connectivity index (χ4v) is 5.50. The molecule has 1 aromatic heterocycles. The summed E-state index contributed by atoms with van der Waals surface area (Å²) in [6.07, 6.45) is 1.45. The number of piperazine rings is 1. The van der Waals surface area contributed by atoms with Gasteiger partial charge in [0.15, 0.2) is 0 Å². The summed E-state index contributed by atoms with van der Waals surface area (Å²) >= 11 is 3.43. The highest BCUT2D eigenvalue weighted by Gasteiger charge is 2.27. The molecule has 0 radical (unpaired) electrons. The van der Waals surface area contributed by atoms with Crippen LogP contribution in [-0.4, -0.2) is 75.1 Å². The van der Waals surface area contributed by atoms with Gasteiger partial charge in [-0.15, -0.1) is 0 Å². The number of nitrogens with zero attached hydrogens (tertiary/aromatic N) is 4. The molecular formula is C20H24BrFN4O3S. The van der Waals surface area contributed by atoms with Crippen LogP contribution < -0.4 is 4.90 Å². The van der Waals surface area contributed by atoms with E-state index in [4.69, 9.17) is 4.74 Å². The molecule has 3 heterocycles. The van der Waals surface area contributed by atoms with Crippen molar-refractivity contribution in [3.05, 3.63) is 52.4 Å². The van der Waals surface area contributed by atoms with Crippen molar-refractivity contribution in [1.29, 1.82) is 0 Å². The summed E-state index contributed by atoms with van der Waals surface area (Å²) in [6, 6.07) is 8.18. The molecule has 0 amide bonds. The van der Waals surface area contributed by atoms with Crippen LogP contribution in [0.4, 0.5) is 10.2 Å². The lowest BCUT2D eigenvalue weighted by Crippen LogP contribution is -2.46. The van der Waals surface area contributed by atoms with Gasteiger partial charge < -0.3 is 9.64 Å². The molecule has 10 heteroatoms. The van der Waals surface area contributed by atoms with Gasteiger partial charge in [-0.1, -0.05) is 22.0 Å². The molecule has 0 aliphatic carbocycles. The van der Waals surface area contributed by atoms with E-state index in [1.807, 2.05) is 0 Å². The number of rotatable bonds is 5. The first kappa shape index (κ1) is 21.6. The van der Waals surface area contributed by atoms with E-state index in [1.165, 1.54) is 22.6 Å². The zero-order valence-electron chi connectivity index (χ0n) is 16.5. The van der Waals surface area contributed by atoms with Gasteiger partial charge in [0, 0.05) is 56.5 Å². The Morgan fingerprint density at radius 2 is 1.77 bits per heavy atom. The maximum atomic E-state index is 13.3. The Balaban J connectivity index is 1.35. The average molecular weight is 499 g/mol. The Hall–Kier alpha value is -1.59. The average Bonchev–Trinajstić information content (AvgIpc) is 2.77. The Bertz CT molecular complexity index is 976. The molecule has 0 bridgehead atoms. The van der Waals surface area contributed by atoms with Crippen LogP contribution in [0.25, 0.3) is 0 Å². The number of aromatic nitrogens is 1. The van der Waals surface area contributed by atoms with Crippen LogP contribution in [0.1, 0.15) is 5.56 Å². The standard InChI is InChI=1S/C20H24BrFN4O3S/c21-19-13-17(22)2-1-16(19)15-24-5-7-25(8-6-24)20-4-3-18(14-23-20)30(27,28)26-9-11-29-12-10-26/h1-4,13-14H,5-12,15H2. The predicted molar refractivity (Wildman–Crippen MR) is 115 cm³/mol. The van der Waals surface area contributed by atoms with Crippen LogP contribution >= 0.6 is 15.9 Å².